The minimum atomic E-state index is -3.49. The summed E-state index contributed by atoms with van der Waals surface area (Å²) in [4.78, 5) is 23.6. The number of carbonyl (C=O) groups excluding carboxylic acids is 1. The number of nitrogens with two attached hydrogens (primary N) is 1. The van der Waals surface area contributed by atoms with Crippen LogP contribution in [0.2, 0.25) is 0 Å². The molecule has 0 aromatic rings. The van der Waals surface area contributed by atoms with Gasteiger partial charge in [-0.3, -0.25) is 4.79 Å². The van der Waals surface area contributed by atoms with Crippen LogP contribution in [0.4, 0.5) is 0 Å². The zero-order valence-electron chi connectivity index (χ0n) is 11.4. The fourth-order valence-electron chi connectivity index (χ4n) is 2.63. The molecule has 1 aliphatic carbocycles. The van der Waals surface area contributed by atoms with E-state index in [2.05, 4.69) is 5.32 Å². The zero-order chi connectivity index (χ0) is 15.3. The van der Waals surface area contributed by atoms with Crippen molar-refractivity contribution in [2.24, 2.45) is 17.6 Å². The molecule has 1 amide bonds. The number of amides is 1. The summed E-state index contributed by atoms with van der Waals surface area (Å²) >= 11 is 0. The molecule has 2 fully saturated rings. The van der Waals surface area contributed by atoms with Gasteiger partial charge in [0.2, 0.25) is 5.91 Å². The summed E-state index contributed by atoms with van der Waals surface area (Å²) in [5.74, 6) is -3.28. The van der Waals surface area contributed by atoms with Gasteiger partial charge in [0.05, 0.1) is 17.0 Å². The molecule has 2 rings (SSSR count). The predicted molar refractivity (Wildman–Crippen MR) is 71.3 cm³/mol. The molecule has 0 aromatic heterocycles. The van der Waals surface area contributed by atoms with E-state index in [-0.39, 0.29) is 5.92 Å². The normalized spacial score (nSPS) is 36.8. The van der Waals surface area contributed by atoms with Gasteiger partial charge >= 0.3 is 5.97 Å². The SMILES string of the molecule is CC[C@H](C)[C@H](N)C(=O)N[C@@]1(C(=O)O)CS(=O)(=O)[C@H]2[CH][C@H]21. The Bertz CT molecular complexity index is 546. The van der Waals surface area contributed by atoms with Crippen molar-refractivity contribution < 1.29 is 23.1 Å². The largest absolute Gasteiger partial charge is 0.479 e. The van der Waals surface area contributed by atoms with Crippen LogP contribution >= 0.6 is 0 Å². The summed E-state index contributed by atoms with van der Waals surface area (Å²) in [7, 11) is -3.49. The molecular formula is C12H19N2O5S. The molecule has 113 valence electrons. The molecule has 1 heterocycles. The number of carbonyl (C=O) groups is 2. The molecule has 8 heteroatoms. The number of rotatable bonds is 5. The minimum absolute atomic E-state index is 0.113. The molecule has 2 aliphatic rings. The minimum Gasteiger partial charge on any atom is -0.479 e. The second-order valence-electron chi connectivity index (χ2n) is 5.67. The Hall–Kier alpha value is -1.15. The van der Waals surface area contributed by atoms with E-state index in [0.29, 0.717) is 6.42 Å². The Morgan fingerprint density at radius 3 is 2.50 bits per heavy atom. The summed E-state index contributed by atoms with van der Waals surface area (Å²) in [6, 6.07) is -0.850. The maximum absolute atomic E-state index is 12.1. The second kappa shape index (κ2) is 4.70. The Balaban J connectivity index is 2.21. The molecular weight excluding hydrogens is 284 g/mol. The van der Waals surface area contributed by atoms with Crippen molar-refractivity contribution in [1.82, 2.24) is 5.32 Å². The molecule has 7 nitrogen and oxygen atoms in total. The van der Waals surface area contributed by atoms with Crippen LogP contribution in [-0.4, -0.2) is 48.0 Å². The molecule has 0 bridgehead atoms. The Labute approximate surface area is 117 Å². The van der Waals surface area contributed by atoms with E-state index in [0.717, 1.165) is 0 Å². The summed E-state index contributed by atoms with van der Waals surface area (Å²) in [5, 5.41) is 11.0. The van der Waals surface area contributed by atoms with Gasteiger partial charge in [0, 0.05) is 5.92 Å². The molecule has 0 unspecified atom stereocenters. The van der Waals surface area contributed by atoms with Crippen molar-refractivity contribution in [3.63, 3.8) is 0 Å². The number of hydrogen-bond acceptors (Lipinski definition) is 5. The number of nitrogens with one attached hydrogen (secondary N) is 1. The third-order valence-electron chi connectivity index (χ3n) is 4.31. The molecule has 0 spiro atoms. The Morgan fingerprint density at radius 2 is 2.15 bits per heavy atom. The Kier molecular flexibility index (Phi) is 3.58. The van der Waals surface area contributed by atoms with Crippen LogP contribution in [0.15, 0.2) is 0 Å². The number of hydrogen-bond donors (Lipinski definition) is 3. The first-order valence-electron chi connectivity index (χ1n) is 6.53. The van der Waals surface area contributed by atoms with Crippen LogP contribution in [0.25, 0.3) is 0 Å². The highest BCUT2D eigenvalue weighted by atomic mass is 32.2. The lowest BCUT2D eigenvalue weighted by atomic mass is 9.93. The molecule has 4 N–H and O–H groups in total. The quantitative estimate of drug-likeness (QED) is 0.593. The van der Waals surface area contributed by atoms with Crippen molar-refractivity contribution in [3.05, 3.63) is 6.42 Å². The summed E-state index contributed by atoms with van der Waals surface area (Å²) in [5.41, 5.74) is 4.01. The maximum atomic E-state index is 12.1. The monoisotopic (exact) mass is 303 g/mol. The van der Waals surface area contributed by atoms with Crippen LogP contribution < -0.4 is 11.1 Å². The molecule has 0 aromatic carbocycles. The number of fused-ring (bicyclic) bond motifs is 1. The van der Waals surface area contributed by atoms with Gasteiger partial charge in [-0.05, 0) is 12.3 Å². The van der Waals surface area contributed by atoms with Gasteiger partial charge in [0.1, 0.15) is 0 Å². The maximum Gasteiger partial charge on any atom is 0.330 e. The van der Waals surface area contributed by atoms with Crippen LogP contribution in [0.5, 0.6) is 0 Å². The smallest absolute Gasteiger partial charge is 0.330 e. The number of carboxylic acids is 1. The van der Waals surface area contributed by atoms with Gasteiger partial charge in [-0.2, -0.15) is 0 Å². The highest BCUT2D eigenvalue weighted by Crippen LogP contribution is 2.51. The lowest BCUT2D eigenvalue weighted by Crippen LogP contribution is -2.62. The predicted octanol–water partition coefficient (Wildman–Crippen LogP) is -1.07. The van der Waals surface area contributed by atoms with Gasteiger partial charge in [0.25, 0.3) is 0 Å². The van der Waals surface area contributed by atoms with Crippen LogP contribution in [-0.2, 0) is 19.4 Å². The third kappa shape index (κ3) is 2.20. The number of carboxylic acid groups (broad SMARTS) is 1. The topological polar surface area (TPSA) is 127 Å². The van der Waals surface area contributed by atoms with Gasteiger partial charge in [0.15, 0.2) is 15.4 Å². The molecule has 1 saturated heterocycles. The van der Waals surface area contributed by atoms with E-state index in [1.54, 1.807) is 6.92 Å². The molecule has 1 radical (unpaired) electrons. The first kappa shape index (κ1) is 15.2. The van der Waals surface area contributed by atoms with Gasteiger partial charge in [-0.15, -0.1) is 0 Å². The first-order valence-corrected chi connectivity index (χ1v) is 8.25. The van der Waals surface area contributed by atoms with Crippen LogP contribution in [0.3, 0.4) is 0 Å². The zero-order valence-corrected chi connectivity index (χ0v) is 12.2. The van der Waals surface area contributed by atoms with Crippen molar-refractivity contribution in [2.75, 3.05) is 5.75 Å². The van der Waals surface area contributed by atoms with E-state index < -0.39 is 50.2 Å². The van der Waals surface area contributed by atoms with Crippen molar-refractivity contribution in [1.29, 1.82) is 0 Å². The van der Waals surface area contributed by atoms with E-state index in [1.807, 2.05) is 6.92 Å². The van der Waals surface area contributed by atoms with Crippen molar-refractivity contribution in [3.8, 4) is 0 Å². The highest BCUT2D eigenvalue weighted by Gasteiger charge is 2.71. The standard InChI is InChI=1S/C12H19N2O5S/c1-3-6(2)9(13)10(15)14-12(11(16)17)5-20(18,19)8-4-7(8)12/h4,6-9H,3,5,13H2,1-2H3,(H,14,15)(H,16,17)/t6-,7+,8-,9-,12-/m0/s1. The van der Waals surface area contributed by atoms with E-state index in [1.165, 1.54) is 6.42 Å². The lowest BCUT2D eigenvalue weighted by molar-refractivity contribution is -0.147. The van der Waals surface area contributed by atoms with E-state index >= 15 is 0 Å². The van der Waals surface area contributed by atoms with Gasteiger partial charge < -0.3 is 16.2 Å². The van der Waals surface area contributed by atoms with Gasteiger partial charge in [-0.25, -0.2) is 13.2 Å². The molecule has 20 heavy (non-hydrogen) atoms. The molecule has 1 aliphatic heterocycles. The summed E-state index contributed by atoms with van der Waals surface area (Å²) < 4.78 is 23.6. The average Bonchev–Trinajstić information content (AvgIpc) is 3.12. The fourth-order valence-corrected chi connectivity index (χ4v) is 4.93. The van der Waals surface area contributed by atoms with Crippen LogP contribution in [0, 0.1) is 18.3 Å². The molecule has 1 saturated carbocycles. The fraction of sp³-hybridized carbons (Fsp3) is 0.750. The number of aliphatic carboxylic acids is 1. The third-order valence-corrected chi connectivity index (χ3v) is 6.45. The highest BCUT2D eigenvalue weighted by molar-refractivity contribution is 7.93. The molecule has 5 atom stereocenters. The van der Waals surface area contributed by atoms with E-state index in [9.17, 15) is 23.1 Å². The number of sulfone groups is 1. The van der Waals surface area contributed by atoms with Crippen molar-refractivity contribution in [2.45, 2.75) is 37.1 Å². The second-order valence-corrected chi connectivity index (χ2v) is 7.83. The van der Waals surface area contributed by atoms with Crippen LogP contribution in [0.1, 0.15) is 20.3 Å². The Morgan fingerprint density at radius 1 is 1.55 bits per heavy atom. The van der Waals surface area contributed by atoms with Crippen molar-refractivity contribution >= 4 is 21.7 Å². The van der Waals surface area contributed by atoms with E-state index in [4.69, 9.17) is 5.73 Å². The summed E-state index contributed by atoms with van der Waals surface area (Å²) in [6.45, 7) is 3.66. The van der Waals surface area contributed by atoms with Gasteiger partial charge in [-0.1, -0.05) is 20.3 Å². The lowest BCUT2D eigenvalue weighted by Gasteiger charge is -2.29. The summed E-state index contributed by atoms with van der Waals surface area (Å²) in [6.07, 6.45) is 2.12. The average molecular weight is 303 g/mol. The first-order chi connectivity index (χ1) is 9.15.